The highest BCUT2D eigenvalue weighted by Gasteiger charge is 2.15. The van der Waals surface area contributed by atoms with Crippen molar-refractivity contribution < 1.29 is 4.79 Å². The van der Waals surface area contributed by atoms with Gasteiger partial charge in [-0.05, 0) is 26.2 Å². The summed E-state index contributed by atoms with van der Waals surface area (Å²) >= 11 is 0. The fourth-order valence-electron chi connectivity index (χ4n) is 1.40. The molecule has 0 saturated heterocycles. The maximum atomic E-state index is 11.3. The summed E-state index contributed by atoms with van der Waals surface area (Å²) in [5, 5.41) is 2.98. The smallest absolute Gasteiger partial charge is 0.317 e. The number of amides is 2. The SMILES string of the molecule is CC1=CCC(NC(=O)N(C)C)CC1. The first-order valence-corrected chi connectivity index (χ1v) is 4.73. The van der Waals surface area contributed by atoms with Crippen LogP contribution in [0.3, 0.4) is 0 Å². The highest BCUT2D eigenvalue weighted by Crippen LogP contribution is 2.17. The van der Waals surface area contributed by atoms with E-state index in [1.807, 2.05) is 0 Å². The van der Waals surface area contributed by atoms with E-state index in [-0.39, 0.29) is 6.03 Å². The average molecular weight is 182 g/mol. The van der Waals surface area contributed by atoms with Gasteiger partial charge in [0, 0.05) is 20.1 Å². The third-order valence-corrected chi connectivity index (χ3v) is 2.37. The normalized spacial score (nSPS) is 22.1. The van der Waals surface area contributed by atoms with Gasteiger partial charge in [-0.2, -0.15) is 0 Å². The van der Waals surface area contributed by atoms with E-state index in [9.17, 15) is 4.79 Å². The van der Waals surface area contributed by atoms with Crippen molar-refractivity contribution in [2.45, 2.75) is 32.2 Å². The van der Waals surface area contributed by atoms with E-state index < -0.39 is 0 Å². The summed E-state index contributed by atoms with van der Waals surface area (Å²) in [6.45, 7) is 2.14. The molecular weight excluding hydrogens is 164 g/mol. The number of urea groups is 1. The molecule has 0 bridgehead atoms. The Morgan fingerprint density at radius 3 is 2.77 bits per heavy atom. The van der Waals surface area contributed by atoms with Crippen molar-refractivity contribution in [1.29, 1.82) is 0 Å². The molecule has 0 saturated carbocycles. The zero-order valence-corrected chi connectivity index (χ0v) is 8.63. The lowest BCUT2D eigenvalue weighted by Crippen LogP contribution is -2.41. The molecule has 1 unspecified atom stereocenters. The highest BCUT2D eigenvalue weighted by atomic mass is 16.2. The Balaban J connectivity index is 2.35. The van der Waals surface area contributed by atoms with E-state index in [0.717, 1.165) is 19.3 Å². The largest absolute Gasteiger partial charge is 0.335 e. The summed E-state index contributed by atoms with van der Waals surface area (Å²) in [4.78, 5) is 12.9. The standard InChI is InChI=1S/C10H18N2O/c1-8-4-6-9(7-5-8)11-10(13)12(2)3/h4,9H,5-7H2,1-3H3,(H,11,13). The van der Waals surface area contributed by atoms with Gasteiger partial charge in [0.25, 0.3) is 0 Å². The number of carbonyl (C=O) groups is 1. The van der Waals surface area contributed by atoms with E-state index in [0.29, 0.717) is 6.04 Å². The molecule has 0 aromatic rings. The molecule has 13 heavy (non-hydrogen) atoms. The van der Waals surface area contributed by atoms with Crippen LogP contribution in [0.5, 0.6) is 0 Å². The zero-order valence-electron chi connectivity index (χ0n) is 8.63. The van der Waals surface area contributed by atoms with Crippen molar-refractivity contribution in [3.8, 4) is 0 Å². The van der Waals surface area contributed by atoms with Gasteiger partial charge < -0.3 is 10.2 Å². The van der Waals surface area contributed by atoms with Crippen molar-refractivity contribution in [3.05, 3.63) is 11.6 Å². The maximum Gasteiger partial charge on any atom is 0.317 e. The van der Waals surface area contributed by atoms with Gasteiger partial charge in [0.15, 0.2) is 0 Å². The molecule has 1 rings (SSSR count). The predicted molar refractivity (Wildman–Crippen MR) is 53.6 cm³/mol. The van der Waals surface area contributed by atoms with Gasteiger partial charge in [-0.25, -0.2) is 4.79 Å². The number of nitrogens with one attached hydrogen (secondary N) is 1. The van der Waals surface area contributed by atoms with E-state index in [1.54, 1.807) is 19.0 Å². The van der Waals surface area contributed by atoms with Crippen molar-refractivity contribution in [3.63, 3.8) is 0 Å². The van der Waals surface area contributed by atoms with Crippen LogP contribution >= 0.6 is 0 Å². The third-order valence-electron chi connectivity index (χ3n) is 2.37. The fourth-order valence-corrected chi connectivity index (χ4v) is 1.40. The summed E-state index contributed by atoms with van der Waals surface area (Å²) in [7, 11) is 3.53. The van der Waals surface area contributed by atoms with Gasteiger partial charge in [0.05, 0.1) is 0 Å². The van der Waals surface area contributed by atoms with Crippen LogP contribution in [0.15, 0.2) is 11.6 Å². The minimum Gasteiger partial charge on any atom is -0.335 e. The first-order valence-electron chi connectivity index (χ1n) is 4.73. The molecule has 0 heterocycles. The Kier molecular flexibility index (Phi) is 3.34. The molecule has 1 atom stereocenters. The summed E-state index contributed by atoms with van der Waals surface area (Å²) < 4.78 is 0. The molecule has 0 aromatic carbocycles. The second kappa shape index (κ2) is 4.30. The molecule has 0 fully saturated rings. The van der Waals surface area contributed by atoms with Crippen LogP contribution in [0.4, 0.5) is 4.79 Å². The minimum atomic E-state index is 0.0120. The quantitative estimate of drug-likeness (QED) is 0.616. The summed E-state index contributed by atoms with van der Waals surface area (Å²) in [6, 6.07) is 0.344. The van der Waals surface area contributed by atoms with Crippen LogP contribution in [0.1, 0.15) is 26.2 Å². The van der Waals surface area contributed by atoms with Crippen molar-refractivity contribution in [2.75, 3.05) is 14.1 Å². The van der Waals surface area contributed by atoms with Crippen LogP contribution in [0, 0.1) is 0 Å². The molecule has 1 N–H and O–H groups in total. The molecule has 74 valence electrons. The monoisotopic (exact) mass is 182 g/mol. The minimum absolute atomic E-state index is 0.0120. The van der Waals surface area contributed by atoms with E-state index in [2.05, 4.69) is 18.3 Å². The van der Waals surface area contributed by atoms with E-state index >= 15 is 0 Å². The van der Waals surface area contributed by atoms with Crippen LogP contribution in [-0.2, 0) is 0 Å². The molecule has 0 radical (unpaired) electrons. The van der Waals surface area contributed by atoms with Crippen LogP contribution in [0.25, 0.3) is 0 Å². The molecule has 3 nitrogen and oxygen atoms in total. The van der Waals surface area contributed by atoms with Gasteiger partial charge in [0.1, 0.15) is 0 Å². The van der Waals surface area contributed by atoms with Gasteiger partial charge in [0.2, 0.25) is 0 Å². The molecule has 0 aromatic heterocycles. The Morgan fingerprint density at radius 1 is 1.62 bits per heavy atom. The molecule has 3 heteroatoms. The Hall–Kier alpha value is -0.990. The highest BCUT2D eigenvalue weighted by molar-refractivity contribution is 5.73. The van der Waals surface area contributed by atoms with Crippen LogP contribution in [-0.4, -0.2) is 31.1 Å². The van der Waals surface area contributed by atoms with Gasteiger partial charge >= 0.3 is 6.03 Å². The number of hydrogen-bond acceptors (Lipinski definition) is 1. The van der Waals surface area contributed by atoms with Gasteiger partial charge in [-0.15, -0.1) is 0 Å². The molecule has 0 spiro atoms. The third kappa shape index (κ3) is 3.09. The second-order valence-electron chi connectivity index (χ2n) is 3.87. The average Bonchev–Trinajstić information content (AvgIpc) is 2.08. The molecule has 1 aliphatic carbocycles. The molecule has 1 aliphatic rings. The van der Waals surface area contributed by atoms with Crippen LogP contribution in [0.2, 0.25) is 0 Å². The van der Waals surface area contributed by atoms with Crippen molar-refractivity contribution in [2.24, 2.45) is 0 Å². The van der Waals surface area contributed by atoms with Gasteiger partial charge in [-0.3, -0.25) is 0 Å². The first kappa shape index (κ1) is 10.1. The Bertz CT molecular complexity index is 221. The summed E-state index contributed by atoms with van der Waals surface area (Å²) in [5.74, 6) is 0. The number of hydrogen-bond donors (Lipinski definition) is 1. The molecule has 2 amide bonds. The topological polar surface area (TPSA) is 32.3 Å². The lowest BCUT2D eigenvalue weighted by Gasteiger charge is -2.23. The fraction of sp³-hybridized carbons (Fsp3) is 0.700. The van der Waals surface area contributed by atoms with Crippen LogP contribution < -0.4 is 5.32 Å². The van der Waals surface area contributed by atoms with E-state index in [4.69, 9.17) is 0 Å². The van der Waals surface area contributed by atoms with Crippen molar-refractivity contribution >= 4 is 6.03 Å². The first-order chi connectivity index (χ1) is 6.09. The Morgan fingerprint density at radius 2 is 2.31 bits per heavy atom. The molecule has 0 aliphatic heterocycles. The number of rotatable bonds is 1. The number of allylic oxidation sites excluding steroid dienone is 1. The molecular formula is C10H18N2O. The maximum absolute atomic E-state index is 11.3. The summed E-state index contributed by atoms with van der Waals surface area (Å²) in [5.41, 5.74) is 1.44. The summed E-state index contributed by atoms with van der Waals surface area (Å²) in [6.07, 6.45) is 5.37. The lowest BCUT2D eigenvalue weighted by molar-refractivity contribution is 0.212. The van der Waals surface area contributed by atoms with Gasteiger partial charge in [-0.1, -0.05) is 11.6 Å². The lowest BCUT2D eigenvalue weighted by atomic mass is 9.96. The number of carbonyl (C=O) groups excluding carboxylic acids is 1. The number of nitrogens with zero attached hydrogens (tertiary/aromatic N) is 1. The Labute approximate surface area is 79.8 Å². The second-order valence-corrected chi connectivity index (χ2v) is 3.87. The van der Waals surface area contributed by atoms with E-state index in [1.165, 1.54) is 5.57 Å². The predicted octanol–water partition coefficient (Wildman–Crippen LogP) is 1.76. The zero-order chi connectivity index (χ0) is 9.84. The van der Waals surface area contributed by atoms with Crippen molar-refractivity contribution in [1.82, 2.24) is 10.2 Å².